The fourth-order valence-electron chi connectivity index (χ4n) is 1.79. The van der Waals surface area contributed by atoms with Crippen molar-refractivity contribution in [1.82, 2.24) is 0 Å². The molecule has 0 saturated heterocycles. The summed E-state index contributed by atoms with van der Waals surface area (Å²) in [7, 11) is 0. The van der Waals surface area contributed by atoms with Crippen molar-refractivity contribution in [3.8, 4) is 0 Å². The molecule has 0 amide bonds. The highest BCUT2D eigenvalue weighted by molar-refractivity contribution is 5.51. The summed E-state index contributed by atoms with van der Waals surface area (Å²) in [5.74, 6) is -0.170. The summed E-state index contributed by atoms with van der Waals surface area (Å²) in [6, 6.07) is 5.32. The van der Waals surface area contributed by atoms with Crippen LogP contribution in [0.15, 0.2) is 18.2 Å². The Balaban J connectivity index is 2.13. The summed E-state index contributed by atoms with van der Waals surface area (Å²) in [6.07, 6.45) is 2.55. The fourth-order valence-corrected chi connectivity index (χ4v) is 1.79. The summed E-state index contributed by atoms with van der Waals surface area (Å²) >= 11 is 0. The van der Waals surface area contributed by atoms with E-state index in [2.05, 4.69) is 19.2 Å². The zero-order valence-electron chi connectivity index (χ0n) is 9.60. The molecule has 0 aromatic heterocycles. The van der Waals surface area contributed by atoms with Crippen LogP contribution in [0.1, 0.15) is 32.3 Å². The third-order valence-corrected chi connectivity index (χ3v) is 3.66. The quantitative estimate of drug-likeness (QED) is 0.796. The Kier molecular flexibility index (Phi) is 2.45. The molecule has 1 nitrogen and oxygen atoms in total. The molecular formula is C13H18FN. The largest absolute Gasteiger partial charge is 0.382 e. The van der Waals surface area contributed by atoms with Crippen LogP contribution in [0.3, 0.4) is 0 Å². The summed E-state index contributed by atoms with van der Waals surface area (Å²) in [5.41, 5.74) is 2.45. The molecule has 82 valence electrons. The molecule has 1 aromatic carbocycles. The summed E-state index contributed by atoms with van der Waals surface area (Å²) in [6.45, 7) is 6.46. The van der Waals surface area contributed by atoms with Gasteiger partial charge < -0.3 is 5.32 Å². The minimum Gasteiger partial charge on any atom is -0.382 e. The van der Waals surface area contributed by atoms with Gasteiger partial charge in [-0.2, -0.15) is 0 Å². The van der Waals surface area contributed by atoms with E-state index in [0.29, 0.717) is 11.5 Å². The predicted molar refractivity (Wildman–Crippen MR) is 61.6 cm³/mol. The van der Waals surface area contributed by atoms with Crippen molar-refractivity contribution in [2.45, 2.75) is 39.7 Å². The Bertz CT molecular complexity index is 369. The molecule has 1 aliphatic carbocycles. The van der Waals surface area contributed by atoms with E-state index in [1.807, 2.05) is 13.0 Å². The van der Waals surface area contributed by atoms with Gasteiger partial charge in [0.1, 0.15) is 5.82 Å². The number of benzene rings is 1. The highest BCUT2D eigenvalue weighted by Gasteiger charge is 2.42. The predicted octanol–water partition coefficient (Wildman–Crippen LogP) is 3.73. The van der Waals surface area contributed by atoms with Crippen LogP contribution >= 0.6 is 0 Å². The van der Waals surface area contributed by atoms with Gasteiger partial charge in [-0.1, -0.05) is 13.0 Å². The minimum atomic E-state index is -0.170. The molecule has 2 rings (SSSR count). The lowest BCUT2D eigenvalue weighted by atomic mass is 10.00. The first-order valence-corrected chi connectivity index (χ1v) is 5.54. The number of hydrogen-bond acceptors (Lipinski definition) is 1. The van der Waals surface area contributed by atoms with Crippen LogP contribution in [0.5, 0.6) is 0 Å². The van der Waals surface area contributed by atoms with E-state index in [9.17, 15) is 4.39 Å². The van der Waals surface area contributed by atoms with Crippen LogP contribution in [0.2, 0.25) is 0 Å². The highest BCUT2D eigenvalue weighted by atomic mass is 19.1. The normalized spacial score (nSPS) is 19.7. The molecule has 0 radical (unpaired) electrons. The molecule has 1 unspecified atom stereocenters. The fraction of sp³-hybridized carbons (Fsp3) is 0.538. The van der Waals surface area contributed by atoms with Crippen LogP contribution in [0.4, 0.5) is 10.1 Å². The summed E-state index contributed by atoms with van der Waals surface area (Å²) in [4.78, 5) is 0. The van der Waals surface area contributed by atoms with Crippen molar-refractivity contribution in [2.24, 2.45) is 5.41 Å². The number of rotatable bonds is 3. The highest BCUT2D eigenvalue weighted by Crippen LogP contribution is 2.48. The minimum absolute atomic E-state index is 0.170. The van der Waals surface area contributed by atoms with Crippen LogP contribution in [-0.4, -0.2) is 6.04 Å². The maximum Gasteiger partial charge on any atom is 0.125 e. The first kappa shape index (κ1) is 10.5. The molecule has 1 atom stereocenters. The third-order valence-electron chi connectivity index (χ3n) is 3.66. The van der Waals surface area contributed by atoms with Crippen molar-refractivity contribution in [1.29, 1.82) is 0 Å². The maximum absolute atomic E-state index is 13.1. The van der Waals surface area contributed by atoms with E-state index < -0.39 is 0 Å². The smallest absolute Gasteiger partial charge is 0.125 e. The van der Waals surface area contributed by atoms with E-state index in [1.165, 1.54) is 18.9 Å². The molecule has 1 N–H and O–H groups in total. The SMILES string of the molecule is Cc1ccc(F)cc1NC(C)C1(C)CC1. The molecule has 1 fully saturated rings. The Morgan fingerprint density at radius 3 is 2.67 bits per heavy atom. The Labute approximate surface area is 90.7 Å². The van der Waals surface area contributed by atoms with Crippen molar-refractivity contribution in [3.63, 3.8) is 0 Å². The number of nitrogens with one attached hydrogen (secondary N) is 1. The molecule has 0 bridgehead atoms. The van der Waals surface area contributed by atoms with Crippen LogP contribution in [0, 0.1) is 18.2 Å². The van der Waals surface area contributed by atoms with E-state index in [1.54, 1.807) is 6.07 Å². The molecule has 15 heavy (non-hydrogen) atoms. The molecule has 1 aromatic rings. The Morgan fingerprint density at radius 1 is 1.40 bits per heavy atom. The number of anilines is 1. The second-order valence-electron chi connectivity index (χ2n) is 4.98. The Hall–Kier alpha value is -1.05. The average Bonchev–Trinajstić information content (AvgIpc) is 2.91. The van der Waals surface area contributed by atoms with Gasteiger partial charge in [-0.25, -0.2) is 4.39 Å². The topological polar surface area (TPSA) is 12.0 Å². The number of halogens is 1. The van der Waals surface area contributed by atoms with Gasteiger partial charge in [-0.3, -0.25) is 0 Å². The maximum atomic E-state index is 13.1. The lowest BCUT2D eigenvalue weighted by molar-refractivity contribution is 0.492. The molecule has 1 saturated carbocycles. The van der Waals surface area contributed by atoms with Crippen molar-refractivity contribution in [3.05, 3.63) is 29.6 Å². The monoisotopic (exact) mass is 207 g/mol. The van der Waals surface area contributed by atoms with Gasteiger partial charge in [0.05, 0.1) is 0 Å². The first-order valence-electron chi connectivity index (χ1n) is 5.54. The van der Waals surface area contributed by atoms with E-state index in [0.717, 1.165) is 11.3 Å². The van der Waals surface area contributed by atoms with E-state index >= 15 is 0 Å². The van der Waals surface area contributed by atoms with E-state index in [4.69, 9.17) is 0 Å². The second-order valence-corrected chi connectivity index (χ2v) is 4.98. The van der Waals surface area contributed by atoms with Crippen molar-refractivity contribution >= 4 is 5.69 Å². The molecule has 1 aliphatic rings. The van der Waals surface area contributed by atoms with Crippen molar-refractivity contribution < 1.29 is 4.39 Å². The second kappa shape index (κ2) is 3.51. The molecule has 0 heterocycles. The first-order chi connectivity index (χ1) is 7.01. The van der Waals surface area contributed by atoms with Gasteiger partial charge >= 0.3 is 0 Å². The zero-order chi connectivity index (χ0) is 11.1. The standard InChI is InChI=1S/C13H18FN/c1-9-4-5-11(14)8-12(9)15-10(2)13(3)6-7-13/h4-5,8,10,15H,6-7H2,1-3H3. The number of aryl methyl sites for hydroxylation is 1. The summed E-state index contributed by atoms with van der Waals surface area (Å²) in [5, 5.41) is 3.41. The van der Waals surface area contributed by atoms with Gasteiger partial charge in [0, 0.05) is 11.7 Å². The Morgan fingerprint density at radius 2 is 2.07 bits per heavy atom. The van der Waals surface area contributed by atoms with Crippen LogP contribution in [-0.2, 0) is 0 Å². The van der Waals surface area contributed by atoms with Gasteiger partial charge in [-0.15, -0.1) is 0 Å². The molecule has 0 spiro atoms. The lowest BCUT2D eigenvalue weighted by Crippen LogP contribution is -2.25. The third kappa shape index (κ3) is 2.14. The number of hydrogen-bond donors (Lipinski definition) is 1. The molecule has 0 aliphatic heterocycles. The van der Waals surface area contributed by atoms with Gasteiger partial charge in [-0.05, 0) is 49.8 Å². The van der Waals surface area contributed by atoms with Crippen LogP contribution < -0.4 is 5.32 Å². The van der Waals surface area contributed by atoms with Gasteiger partial charge in [0.15, 0.2) is 0 Å². The van der Waals surface area contributed by atoms with Gasteiger partial charge in [0.25, 0.3) is 0 Å². The zero-order valence-corrected chi connectivity index (χ0v) is 9.60. The average molecular weight is 207 g/mol. The van der Waals surface area contributed by atoms with E-state index in [-0.39, 0.29) is 5.82 Å². The van der Waals surface area contributed by atoms with Gasteiger partial charge in [0.2, 0.25) is 0 Å². The summed E-state index contributed by atoms with van der Waals surface area (Å²) < 4.78 is 13.1. The molecular weight excluding hydrogens is 189 g/mol. The van der Waals surface area contributed by atoms with Crippen LogP contribution in [0.25, 0.3) is 0 Å². The lowest BCUT2D eigenvalue weighted by Gasteiger charge is -2.22. The van der Waals surface area contributed by atoms with Crippen molar-refractivity contribution in [2.75, 3.05) is 5.32 Å². The molecule has 2 heteroatoms.